The average molecular weight is 436 g/mol. The van der Waals surface area contributed by atoms with Crippen molar-refractivity contribution in [1.29, 1.82) is 5.26 Å². The van der Waals surface area contributed by atoms with Gasteiger partial charge in [-0.25, -0.2) is 4.98 Å². The smallest absolute Gasteiger partial charge is 0.345 e. The standard InChI is InChI=1S/C18H19F3N8O2/c1-2-17(10-22)4-6-29(15(17)31)13-3-5-23-16(27-13)26-12-7-25-28(8-12)9-14(30)24-11-18(19,20)21/h3,5,7-8H,2,4,6,9,11H2,1H3,(H,24,30)(H,23,26,27)/t17-/m1/s1. The number of alkyl halides is 3. The van der Waals surface area contributed by atoms with Crippen LogP contribution in [0.15, 0.2) is 24.7 Å². The van der Waals surface area contributed by atoms with Gasteiger partial charge in [-0.1, -0.05) is 6.92 Å². The minimum absolute atomic E-state index is 0.150. The Morgan fingerprint density at radius 2 is 2.19 bits per heavy atom. The predicted molar refractivity (Wildman–Crippen MR) is 102 cm³/mol. The zero-order valence-corrected chi connectivity index (χ0v) is 16.5. The largest absolute Gasteiger partial charge is 0.405 e. The van der Waals surface area contributed by atoms with Crippen molar-refractivity contribution in [3.05, 3.63) is 24.7 Å². The number of rotatable bonds is 7. The molecule has 0 bridgehead atoms. The van der Waals surface area contributed by atoms with Crippen LogP contribution < -0.4 is 15.5 Å². The van der Waals surface area contributed by atoms with Crippen LogP contribution in [0.3, 0.4) is 0 Å². The Morgan fingerprint density at radius 3 is 2.84 bits per heavy atom. The van der Waals surface area contributed by atoms with Crippen LogP contribution in [0.1, 0.15) is 19.8 Å². The van der Waals surface area contributed by atoms with Gasteiger partial charge in [0, 0.05) is 18.9 Å². The fourth-order valence-corrected chi connectivity index (χ4v) is 3.10. The predicted octanol–water partition coefficient (Wildman–Crippen LogP) is 1.75. The second-order valence-corrected chi connectivity index (χ2v) is 6.94. The van der Waals surface area contributed by atoms with Crippen LogP contribution >= 0.6 is 0 Å². The number of nitrogens with zero attached hydrogens (tertiary/aromatic N) is 6. The summed E-state index contributed by atoms with van der Waals surface area (Å²) >= 11 is 0. The molecule has 0 radical (unpaired) electrons. The lowest BCUT2D eigenvalue weighted by Gasteiger charge is -2.19. The van der Waals surface area contributed by atoms with Gasteiger partial charge in [0.2, 0.25) is 17.8 Å². The molecule has 1 atom stereocenters. The topological polar surface area (TPSA) is 129 Å². The number of carbonyl (C=O) groups excluding carboxylic acids is 2. The van der Waals surface area contributed by atoms with Gasteiger partial charge in [-0.3, -0.25) is 19.2 Å². The average Bonchev–Trinajstić information content (AvgIpc) is 3.30. The molecule has 2 aromatic rings. The number of carbonyl (C=O) groups is 2. The molecule has 2 aromatic heterocycles. The highest BCUT2D eigenvalue weighted by atomic mass is 19.4. The molecule has 13 heteroatoms. The van der Waals surface area contributed by atoms with Crippen molar-refractivity contribution in [3.8, 4) is 6.07 Å². The molecule has 10 nitrogen and oxygen atoms in total. The maximum Gasteiger partial charge on any atom is 0.405 e. The van der Waals surface area contributed by atoms with Gasteiger partial charge in [0.15, 0.2) is 0 Å². The molecule has 3 rings (SSSR count). The van der Waals surface area contributed by atoms with Gasteiger partial charge in [0.25, 0.3) is 0 Å². The third-order valence-electron chi connectivity index (χ3n) is 4.83. The van der Waals surface area contributed by atoms with Gasteiger partial charge in [0.05, 0.1) is 18.0 Å². The highest BCUT2D eigenvalue weighted by Crippen LogP contribution is 2.36. The zero-order chi connectivity index (χ0) is 22.6. The van der Waals surface area contributed by atoms with Gasteiger partial charge < -0.3 is 10.6 Å². The van der Waals surface area contributed by atoms with Crippen molar-refractivity contribution < 1.29 is 22.8 Å². The molecule has 1 aliphatic rings. The number of aromatic nitrogens is 4. The number of halogens is 3. The molecule has 0 saturated carbocycles. The first kappa shape index (κ1) is 22.0. The molecule has 0 spiro atoms. The molecular formula is C18H19F3N8O2. The minimum Gasteiger partial charge on any atom is -0.345 e. The minimum atomic E-state index is -4.49. The fourth-order valence-electron chi connectivity index (χ4n) is 3.10. The summed E-state index contributed by atoms with van der Waals surface area (Å²) in [5.74, 6) is -0.654. The summed E-state index contributed by atoms with van der Waals surface area (Å²) in [6, 6.07) is 3.67. The number of nitriles is 1. The summed E-state index contributed by atoms with van der Waals surface area (Å²) in [5.41, 5.74) is -0.653. The Labute approximate surface area is 175 Å². The summed E-state index contributed by atoms with van der Waals surface area (Å²) in [7, 11) is 0. The van der Waals surface area contributed by atoms with Crippen molar-refractivity contribution in [2.24, 2.45) is 5.41 Å². The van der Waals surface area contributed by atoms with E-state index in [1.165, 1.54) is 23.5 Å². The highest BCUT2D eigenvalue weighted by molar-refractivity contribution is 6.01. The molecule has 0 aliphatic carbocycles. The number of hydrogen-bond donors (Lipinski definition) is 2. The van der Waals surface area contributed by atoms with Gasteiger partial charge >= 0.3 is 6.18 Å². The van der Waals surface area contributed by atoms with E-state index in [1.807, 2.05) is 0 Å². The maximum atomic E-state index is 12.7. The van der Waals surface area contributed by atoms with Crippen LogP contribution in [0.2, 0.25) is 0 Å². The summed E-state index contributed by atoms with van der Waals surface area (Å²) < 4.78 is 37.6. The van der Waals surface area contributed by atoms with Crippen molar-refractivity contribution in [2.45, 2.75) is 32.5 Å². The lowest BCUT2D eigenvalue weighted by atomic mass is 9.85. The van der Waals surface area contributed by atoms with E-state index in [0.717, 1.165) is 4.68 Å². The Hall–Kier alpha value is -3.69. The van der Waals surface area contributed by atoms with Gasteiger partial charge in [-0.2, -0.15) is 28.5 Å². The second kappa shape index (κ2) is 8.58. The molecule has 31 heavy (non-hydrogen) atoms. The molecule has 164 valence electrons. The van der Waals surface area contributed by atoms with E-state index in [9.17, 15) is 28.0 Å². The van der Waals surface area contributed by atoms with Crippen LogP contribution in [-0.4, -0.2) is 50.8 Å². The van der Waals surface area contributed by atoms with E-state index in [4.69, 9.17) is 0 Å². The van der Waals surface area contributed by atoms with Gasteiger partial charge in [0.1, 0.15) is 24.3 Å². The van der Waals surface area contributed by atoms with E-state index in [1.54, 1.807) is 18.3 Å². The number of amides is 2. The highest BCUT2D eigenvalue weighted by Gasteiger charge is 2.46. The van der Waals surface area contributed by atoms with Crippen molar-refractivity contribution >= 4 is 29.3 Å². The second-order valence-electron chi connectivity index (χ2n) is 6.94. The third kappa shape index (κ3) is 5.08. The molecule has 2 amide bonds. The van der Waals surface area contributed by atoms with E-state index in [2.05, 4.69) is 26.5 Å². The van der Waals surface area contributed by atoms with Crippen molar-refractivity contribution in [1.82, 2.24) is 25.1 Å². The molecular weight excluding hydrogens is 417 g/mol. The summed E-state index contributed by atoms with van der Waals surface area (Å²) in [5, 5.41) is 17.9. The molecule has 2 N–H and O–H groups in total. The van der Waals surface area contributed by atoms with E-state index in [0.29, 0.717) is 30.9 Å². The molecule has 0 aromatic carbocycles. The van der Waals surface area contributed by atoms with Crippen LogP contribution in [0.4, 0.5) is 30.6 Å². The van der Waals surface area contributed by atoms with Crippen LogP contribution in [0.25, 0.3) is 0 Å². The quantitative estimate of drug-likeness (QED) is 0.677. The van der Waals surface area contributed by atoms with E-state index < -0.39 is 30.6 Å². The first-order valence-corrected chi connectivity index (χ1v) is 9.35. The summed E-state index contributed by atoms with van der Waals surface area (Å²) in [6.45, 7) is 0.341. The SMILES string of the molecule is CC[C@]1(C#N)CCN(c2ccnc(Nc3cnn(CC(=O)NCC(F)(F)F)c3)n2)C1=O. The van der Waals surface area contributed by atoms with E-state index >= 15 is 0 Å². The lowest BCUT2D eigenvalue weighted by Crippen LogP contribution is -2.35. The first-order valence-electron chi connectivity index (χ1n) is 9.35. The van der Waals surface area contributed by atoms with Gasteiger partial charge in [-0.05, 0) is 18.9 Å². The Bertz CT molecular complexity index is 1020. The normalized spacial score (nSPS) is 18.7. The number of nitrogens with one attached hydrogen (secondary N) is 2. The Morgan fingerprint density at radius 1 is 1.42 bits per heavy atom. The van der Waals surface area contributed by atoms with Crippen LogP contribution in [-0.2, 0) is 16.1 Å². The molecule has 1 aliphatic heterocycles. The molecule has 0 unspecified atom stereocenters. The molecule has 1 saturated heterocycles. The first-order chi connectivity index (χ1) is 14.7. The zero-order valence-electron chi connectivity index (χ0n) is 16.5. The monoisotopic (exact) mass is 436 g/mol. The van der Waals surface area contributed by atoms with Gasteiger partial charge in [-0.15, -0.1) is 0 Å². The van der Waals surface area contributed by atoms with E-state index in [-0.39, 0.29) is 11.9 Å². The lowest BCUT2D eigenvalue weighted by molar-refractivity contribution is -0.138. The molecule has 3 heterocycles. The van der Waals surface area contributed by atoms with Crippen LogP contribution in [0.5, 0.6) is 0 Å². The third-order valence-corrected chi connectivity index (χ3v) is 4.83. The summed E-state index contributed by atoms with van der Waals surface area (Å²) in [4.78, 5) is 34.1. The van der Waals surface area contributed by atoms with Crippen molar-refractivity contribution in [3.63, 3.8) is 0 Å². The molecule has 1 fully saturated rings. The van der Waals surface area contributed by atoms with Crippen LogP contribution in [0, 0.1) is 16.7 Å². The Kier molecular flexibility index (Phi) is 6.09. The summed E-state index contributed by atoms with van der Waals surface area (Å²) in [6.07, 6.45) is 0.536. The Balaban J connectivity index is 1.64. The fraction of sp³-hybridized carbons (Fsp3) is 0.444. The number of anilines is 3. The maximum absolute atomic E-state index is 12.7. The van der Waals surface area contributed by atoms with Crippen molar-refractivity contribution in [2.75, 3.05) is 23.3 Å². The number of hydrogen-bond acceptors (Lipinski definition) is 7.